The summed E-state index contributed by atoms with van der Waals surface area (Å²) in [6.07, 6.45) is -6.83. The fourth-order valence-electron chi connectivity index (χ4n) is 2.85. The first-order valence-electron chi connectivity index (χ1n) is 8.29. The van der Waals surface area contributed by atoms with E-state index in [4.69, 9.17) is 9.47 Å². The van der Waals surface area contributed by atoms with Crippen LogP contribution in [0.1, 0.15) is 10.4 Å². The van der Waals surface area contributed by atoms with Crippen molar-refractivity contribution in [1.82, 2.24) is 0 Å². The van der Waals surface area contributed by atoms with E-state index in [1.165, 1.54) is 12.1 Å². The Hall–Kier alpha value is -1.49. The Morgan fingerprint density at radius 2 is 1.68 bits per heavy atom. The second-order valence-electron chi connectivity index (χ2n) is 6.21. The van der Waals surface area contributed by atoms with Gasteiger partial charge in [0.1, 0.15) is 30.2 Å². The average molecular weight is 398 g/mol. The Labute approximate surface area is 183 Å². The zero-order valence-corrected chi connectivity index (χ0v) is 17.1. The van der Waals surface area contributed by atoms with Crippen LogP contribution in [0.3, 0.4) is 0 Å². The molecule has 0 spiro atoms. The summed E-state index contributed by atoms with van der Waals surface area (Å²) < 4.78 is 10.9. The molecule has 2 unspecified atom stereocenters. The van der Waals surface area contributed by atoms with Gasteiger partial charge in [0.15, 0.2) is 0 Å². The molecule has 0 radical (unpaired) electrons. The van der Waals surface area contributed by atoms with Crippen LogP contribution in [0.15, 0.2) is 48.5 Å². The van der Waals surface area contributed by atoms with Crippen LogP contribution in [-0.2, 0) is 4.74 Å². The van der Waals surface area contributed by atoms with Gasteiger partial charge in [-0.25, -0.2) is 0 Å². The molecule has 1 heterocycles. The summed E-state index contributed by atoms with van der Waals surface area (Å²) >= 11 is 0. The number of aromatic carboxylic acids is 1. The van der Waals surface area contributed by atoms with E-state index in [0.29, 0.717) is 5.75 Å². The van der Waals surface area contributed by atoms with Crippen LogP contribution in [0, 0.1) is 0 Å². The molecule has 0 amide bonds. The number of carboxylic acid groups (broad SMARTS) is 1. The first-order valence-corrected chi connectivity index (χ1v) is 8.29. The van der Waals surface area contributed by atoms with Crippen LogP contribution >= 0.6 is 0 Å². The molecule has 9 heteroatoms. The molecule has 4 N–H and O–H groups in total. The van der Waals surface area contributed by atoms with E-state index in [1.807, 2.05) is 0 Å². The predicted molar refractivity (Wildman–Crippen MR) is 90.6 cm³/mol. The minimum atomic E-state index is -1.53. The van der Waals surface area contributed by atoms with Crippen molar-refractivity contribution in [2.24, 2.45) is 0 Å². The van der Waals surface area contributed by atoms with E-state index >= 15 is 0 Å². The standard InChI is InChI=1S/C19H20O8.Na/c20-9-14-15(21)16(22)17(23)19(27-14)26-13-3-1-2-12(8-13)10-4-6-11(7-5-10)18(24)25;/h1-8,14-17,19-23H,9H2,(H,24,25);/q;+1/p-1/t14?,15-,16?,17-,19+;/m1./s1. The second-order valence-corrected chi connectivity index (χ2v) is 6.21. The van der Waals surface area contributed by atoms with E-state index in [2.05, 4.69) is 0 Å². The van der Waals surface area contributed by atoms with E-state index in [9.17, 15) is 30.3 Å². The van der Waals surface area contributed by atoms with Crippen LogP contribution in [-0.4, -0.2) is 63.7 Å². The van der Waals surface area contributed by atoms with E-state index in [0.717, 1.165) is 11.1 Å². The summed E-state index contributed by atoms with van der Waals surface area (Å²) in [4.78, 5) is 10.8. The maximum absolute atomic E-state index is 10.8. The number of aliphatic hydroxyl groups is 4. The Balaban J connectivity index is 0.00000280. The summed E-state index contributed by atoms with van der Waals surface area (Å²) in [5.41, 5.74) is 1.52. The summed E-state index contributed by atoms with van der Waals surface area (Å²) in [6.45, 7) is -0.546. The van der Waals surface area contributed by atoms with Crippen LogP contribution in [0.5, 0.6) is 5.75 Å². The molecule has 1 aliphatic rings. The first-order chi connectivity index (χ1) is 12.9. The minimum absolute atomic E-state index is 0. The fourth-order valence-corrected chi connectivity index (χ4v) is 2.85. The molecule has 1 fully saturated rings. The summed E-state index contributed by atoms with van der Waals surface area (Å²) in [5.74, 6) is -0.943. The maximum atomic E-state index is 10.8. The largest absolute Gasteiger partial charge is 1.00 e. The number of aliphatic hydroxyl groups excluding tert-OH is 4. The molecular formula is C19H19NaO8. The third-order valence-corrected chi connectivity index (χ3v) is 4.39. The van der Waals surface area contributed by atoms with Crippen LogP contribution < -0.4 is 39.4 Å². The summed E-state index contributed by atoms with van der Waals surface area (Å²) in [7, 11) is 0. The van der Waals surface area contributed by atoms with Gasteiger partial charge in [-0.15, -0.1) is 0 Å². The third-order valence-electron chi connectivity index (χ3n) is 4.39. The van der Waals surface area contributed by atoms with Crippen molar-refractivity contribution in [3.8, 4) is 16.9 Å². The SMILES string of the molecule is O=C([O-])c1ccc(-c2cccc(O[C@H]3OC(CO)[C@@H](O)C(O)[C@H]3O)c2)cc1.[Na+]. The van der Waals surface area contributed by atoms with Crippen molar-refractivity contribution in [2.75, 3.05) is 6.61 Å². The van der Waals surface area contributed by atoms with Gasteiger partial charge in [0.25, 0.3) is 0 Å². The van der Waals surface area contributed by atoms with Crippen molar-refractivity contribution < 1.29 is 69.4 Å². The molecule has 0 aromatic heterocycles. The van der Waals surface area contributed by atoms with Crippen LogP contribution in [0.4, 0.5) is 0 Å². The van der Waals surface area contributed by atoms with Crippen molar-refractivity contribution in [1.29, 1.82) is 0 Å². The Morgan fingerprint density at radius 1 is 1.00 bits per heavy atom. The number of hydrogen-bond donors (Lipinski definition) is 4. The van der Waals surface area contributed by atoms with Gasteiger partial charge in [-0.05, 0) is 28.8 Å². The van der Waals surface area contributed by atoms with Crippen molar-refractivity contribution in [3.05, 3.63) is 54.1 Å². The van der Waals surface area contributed by atoms with Gasteiger partial charge >= 0.3 is 29.6 Å². The number of rotatable bonds is 5. The number of carboxylic acids is 1. The van der Waals surface area contributed by atoms with Crippen molar-refractivity contribution in [2.45, 2.75) is 30.7 Å². The normalized spacial score (nSPS) is 26.9. The Kier molecular flexibility index (Phi) is 7.99. The van der Waals surface area contributed by atoms with E-state index in [-0.39, 0.29) is 35.1 Å². The third kappa shape index (κ3) is 4.91. The van der Waals surface area contributed by atoms with Gasteiger partial charge in [0.05, 0.1) is 12.6 Å². The Bertz CT molecular complexity index is 795. The zero-order valence-electron chi connectivity index (χ0n) is 15.1. The smallest absolute Gasteiger partial charge is 0.545 e. The fraction of sp³-hybridized carbons (Fsp3) is 0.316. The second kappa shape index (κ2) is 9.82. The molecule has 5 atom stereocenters. The van der Waals surface area contributed by atoms with Gasteiger partial charge in [0.2, 0.25) is 6.29 Å². The van der Waals surface area contributed by atoms with Crippen molar-refractivity contribution in [3.63, 3.8) is 0 Å². The van der Waals surface area contributed by atoms with Gasteiger partial charge in [0, 0.05) is 0 Å². The molecule has 8 nitrogen and oxygen atoms in total. The molecule has 1 aliphatic heterocycles. The molecule has 2 aromatic carbocycles. The van der Waals surface area contributed by atoms with Crippen LogP contribution in [0.2, 0.25) is 0 Å². The van der Waals surface area contributed by atoms with E-state index < -0.39 is 43.3 Å². The molecular weight excluding hydrogens is 379 g/mol. The topological polar surface area (TPSA) is 140 Å². The molecule has 0 saturated carbocycles. The van der Waals surface area contributed by atoms with Gasteiger partial charge < -0.3 is 39.8 Å². The maximum Gasteiger partial charge on any atom is 1.00 e. The molecule has 1 saturated heterocycles. The molecule has 28 heavy (non-hydrogen) atoms. The molecule has 2 aromatic rings. The number of carbonyl (C=O) groups is 1. The first kappa shape index (κ1) is 22.8. The number of hydrogen-bond acceptors (Lipinski definition) is 8. The van der Waals surface area contributed by atoms with Crippen LogP contribution in [0.25, 0.3) is 11.1 Å². The minimum Gasteiger partial charge on any atom is -0.545 e. The predicted octanol–water partition coefficient (Wildman–Crippen LogP) is -4.10. The zero-order chi connectivity index (χ0) is 19.6. The van der Waals surface area contributed by atoms with E-state index in [1.54, 1.807) is 36.4 Å². The summed E-state index contributed by atoms with van der Waals surface area (Å²) in [5, 5.41) is 49.7. The van der Waals surface area contributed by atoms with Gasteiger partial charge in [-0.1, -0.05) is 36.4 Å². The molecule has 144 valence electrons. The quantitative estimate of drug-likeness (QED) is 0.373. The van der Waals surface area contributed by atoms with Gasteiger partial charge in [-0.3, -0.25) is 0 Å². The summed E-state index contributed by atoms with van der Waals surface area (Å²) in [6, 6.07) is 12.8. The number of ether oxygens (including phenoxy) is 2. The molecule has 3 rings (SSSR count). The van der Waals surface area contributed by atoms with Gasteiger partial charge in [-0.2, -0.15) is 0 Å². The monoisotopic (exact) mass is 398 g/mol. The molecule has 0 bridgehead atoms. The number of benzene rings is 2. The Morgan fingerprint density at radius 3 is 2.29 bits per heavy atom. The van der Waals surface area contributed by atoms with Crippen molar-refractivity contribution >= 4 is 5.97 Å². The molecule has 0 aliphatic carbocycles. The average Bonchev–Trinajstić information content (AvgIpc) is 2.68. The number of carbonyl (C=O) groups excluding carboxylic acids is 1.